The Labute approximate surface area is 269 Å². The molecule has 0 radical (unpaired) electrons. The molecular formula is C40H64O4. The number of hydrogen-bond acceptors (Lipinski definition) is 4. The number of ketones is 1. The van der Waals surface area contributed by atoms with Gasteiger partial charge < -0.3 is 9.53 Å². The molecule has 4 unspecified atom stereocenters. The first-order valence-corrected chi connectivity index (χ1v) is 18.1. The van der Waals surface area contributed by atoms with Gasteiger partial charge in [0, 0.05) is 19.3 Å². The van der Waals surface area contributed by atoms with E-state index in [1.807, 2.05) is 13.8 Å². The predicted molar refractivity (Wildman–Crippen MR) is 178 cm³/mol. The lowest BCUT2D eigenvalue weighted by atomic mass is 9.31. The van der Waals surface area contributed by atoms with E-state index in [2.05, 4.69) is 48.1 Å². The van der Waals surface area contributed by atoms with Gasteiger partial charge in [-0.15, -0.1) is 0 Å². The molecule has 4 heteroatoms. The van der Waals surface area contributed by atoms with Gasteiger partial charge in [-0.25, -0.2) is 0 Å². The third kappa shape index (κ3) is 5.10. The van der Waals surface area contributed by atoms with Crippen LogP contribution >= 0.6 is 0 Å². The maximum atomic E-state index is 13.5. The highest BCUT2D eigenvalue weighted by atomic mass is 16.5. The van der Waals surface area contributed by atoms with Crippen LogP contribution in [-0.2, 0) is 19.1 Å². The number of rotatable bonds is 9. The largest absolute Gasteiger partial charge is 0.469 e. The van der Waals surface area contributed by atoms with Gasteiger partial charge in [0.1, 0.15) is 12.1 Å². The molecule has 0 aliphatic heterocycles. The number of aldehydes is 1. The highest BCUT2D eigenvalue weighted by Gasteiger charge is 2.70. The summed E-state index contributed by atoms with van der Waals surface area (Å²) in [6.45, 7) is 23.7. The van der Waals surface area contributed by atoms with Crippen LogP contribution in [0, 0.1) is 68.0 Å². The van der Waals surface area contributed by atoms with Crippen LogP contribution in [0.25, 0.3) is 0 Å². The Bertz CT molecular complexity index is 1170. The van der Waals surface area contributed by atoms with Gasteiger partial charge in [0.05, 0.1) is 13.5 Å². The molecule has 44 heavy (non-hydrogen) atoms. The number of fused-ring (bicyclic) bond motifs is 7. The van der Waals surface area contributed by atoms with Gasteiger partial charge in [0.15, 0.2) is 0 Å². The van der Waals surface area contributed by atoms with Crippen molar-refractivity contribution >= 4 is 18.0 Å². The standard InChI is InChI=1S/C40H64O4/c1-26(2)29-14-18-40(21-22-41)20-19-38(8)30(34(29)40)11-12-32-37(7)16-13-27(36(5,6)31(37)15-17-39(32,38)9)23-28(42)24-35(3,4)25-33(43)44-10/h22,27,29-32,34H,1,11-21,23-25H2,2-10H3/t27-,29+,30?,31?,32?,34?,37+,38-,39-,40-/m1/s1. The molecule has 0 amide bonds. The summed E-state index contributed by atoms with van der Waals surface area (Å²) >= 11 is 0. The molecule has 0 N–H and O–H groups in total. The first kappa shape index (κ1) is 33.9. The van der Waals surface area contributed by atoms with E-state index >= 15 is 0 Å². The number of hydrogen-bond donors (Lipinski definition) is 0. The monoisotopic (exact) mass is 608 g/mol. The fourth-order valence-corrected chi connectivity index (χ4v) is 13.7. The van der Waals surface area contributed by atoms with Gasteiger partial charge in [0.25, 0.3) is 0 Å². The minimum atomic E-state index is -0.371. The first-order valence-electron chi connectivity index (χ1n) is 18.1. The van der Waals surface area contributed by atoms with E-state index in [4.69, 9.17) is 4.74 Å². The number of ether oxygens (including phenoxy) is 1. The minimum Gasteiger partial charge on any atom is -0.469 e. The number of esters is 1. The number of methoxy groups -OCH3 is 1. The summed E-state index contributed by atoms with van der Waals surface area (Å²) < 4.78 is 4.90. The number of carbonyl (C=O) groups excluding carboxylic acids is 3. The molecule has 5 saturated carbocycles. The van der Waals surface area contributed by atoms with Crippen molar-refractivity contribution in [2.75, 3.05) is 7.11 Å². The average molecular weight is 609 g/mol. The average Bonchev–Trinajstić information content (AvgIpc) is 3.30. The summed E-state index contributed by atoms with van der Waals surface area (Å²) in [5, 5.41) is 0. The molecule has 5 aliphatic rings. The van der Waals surface area contributed by atoms with Crippen LogP contribution in [0.1, 0.15) is 145 Å². The van der Waals surface area contributed by atoms with E-state index in [1.165, 1.54) is 76.8 Å². The van der Waals surface area contributed by atoms with Crippen molar-refractivity contribution in [1.29, 1.82) is 0 Å². The molecule has 10 atom stereocenters. The van der Waals surface area contributed by atoms with Crippen LogP contribution in [0.3, 0.4) is 0 Å². The van der Waals surface area contributed by atoms with E-state index in [1.54, 1.807) is 0 Å². The molecule has 0 saturated heterocycles. The lowest BCUT2D eigenvalue weighted by molar-refractivity contribution is -0.242. The fraction of sp³-hybridized carbons (Fsp3) is 0.875. The van der Waals surface area contributed by atoms with Gasteiger partial charge in [-0.1, -0.05) is 60.6 Å². The van der Waals surface area contributed by atoms with Gasteiger partial charge in [-0.3, -0.25) is 9.59 Å². The van der Waals surface area contributed by atoms with E-state index in [0.717, 1.165) is 12.8 Å². The summed E-state index contributed by atoms with van der Waals surface area (Å²) in [5.41, 5.74) is 2.15. The van der Waals surface area contributed by atoms with Crippen LogP contribution in [0.2, 0.25) is 0 Å². The van der Waals surface area contributed by atoms with Crippen LogP contribution in [0.15, 0.2) is 12.2 Å². The van der Waals surface area contributed by atoms with Crippen molar-refractivity contribution in [3.05, 3.63) is 12.2 Å². The van der Waals surface area contributed by atoms with Gasteiger partial charge >= 0.3 is 5.97 Å². The molecule has 0 heterocycles. The molecule has 0 aromatic heterocycles. The third-order valence-corrected chi connectivity index (χ3v) is 16.0. The second-order valence-electron chi connectivity index (χ2n) is 18.8. The van der Waals surface area contributed by atoms with Crippen molar-refractivity contribution < 1.29 is 19.1 Å². The Morgan fingerprint density at radius 1 is 0.864 bits per heavy atom. The van der Waals surface area contributed by atoms with E-state index < -0.39 is 0 Å². The molecule has 248 valence electrons. The van der Waals surface area contributed by atoms with Crippen molar-refractivity contribution in [2.45, 2.75) is 145 Å². The highest BCUT2D eigenvalue weighted by Crippen LogP contribution is 2.78. The van der Waals surface area contributed by atoms with Crippen LogP contribution in [-0.4, -0.2) is 25.1 Å². The molecule has 0 aromatic rings. The SMILES string of the molecule is C=C(C)[C@@H]1CC[C@]2(CC=O)CC[C@]3(C)C(CCC4[C@@]5(C)CC[C@H](CC(=O)CC(C)(C)CC(=O)OC)C(C)(C)C5CC[C@]43C)C12. The summed E-state index contributed by atoms with van der Waals surface area (Å²) in [5.74, 6) is 3.64. The summed E-state index contributed by atoms with van der Waals surface area (Å²) in [4.78, 5) is 37.4. The van der Waals surface area contributed by atoms with E-state index in [-0.39, 0.29) is 34.1 Å². The summed E-state index contributed by atoms with van der Waals surface area (Å²) in [7, 11) is 1.42. The Balaban J connectivity index is 1.37. The topological polar surface area (TPSA) is 60.4 Å². The quantitative estimate of drug-likeness (QED) is 0.148. The lowest BCUT2D eigenvalue weighted by Crippen LogP contribution is -2.66. The van der Waals surface area contributed by atoms with E-state index in [0.29, 0.717) is 65.0 Å². The molecule has 0 bridgehead atoms. The Morgan fingerprint density at radius 3 is 2.20 bits per heavy atom. The van der Waals surface area contributed by atoms with Crippen molar-refractivity contribution in [1.82, 2.24) is 0 Å². The molecule has 5 fully saturated rings. The highest BCUT2D eigenvalue weighted by molar-refractivity contribution is 5.80. The third-order valence-electron chi connectivity index (χ3n) is 16.0. The Kier molecular flexibility index (Phi) is 8.75. The maximum Gasteiger partial charge on any atom is 0.306 e. The smallest absolute Gasteiger partial charge is 0.306 e. The number of Topliss-reactive ketones (excluding diaryl/α,β-unsaturated/α-hetero) is 1. The molecule has 0 aromatic carbocycles. The van der Waals surface area contributed by atoms with Gasteiger partial charge in [0.2, 0.25) is 0 Å². The summed E-state index contributed by atoms with van der Waals surface area (Å²) in [6.07, 6.45) is 15.7. The summed E-state index contributed by atoms with van der Waals surface area (Å²) in [6, 6.07) is 0. The Morgan fingerprint density at radius 2 is 1.57 bits per heavy atom. The number of carbonyl (C=O) groups is 3. The molecular weight excluding hydrogens is 544 g/mol. The molecule has 5 aliphatic carbocycles. The van der Waals surface area contributed by atoms with Crippen LogP contribution in [0.4, 0.5) is 0 Å². The lowest BCUT2D eigenvalue weighted by Gasteiger charge is -2.73. The van der Waals surface area contributed by atoms with Gasteiger partial charge in [-0.2, -0.15) is 0 Å². The molecule has 5 rings (SSSR count). The molecule has 0 spiro atoms. The minimum absolute atomic E-state index is 0.108. The fourth-order valence-electron chi connectivity index (χ4n) is 13.7. The molecule has 4 nitrogen and oxygen atoms in total. The normalized spacial score (nSPS) is 44.4. The number of allylic oxidation sites excluding steroid dienone is 1. The Hall–Kier alpha value is -1.45. The zero-order chi connectivity index (χ0) is 32.5. The van der Waals surface area contributed by atoms with Gasteiger partial charge in [-0.05, 0) is 139 Å². The van der Waals surface area contributed by atoms with Crippen LogP contribution < -0.4 is 0 Å². The zero-order valence-corrected chi connectivity index (χ0v) is 29.8. The van der Waals surface area contributed by atoms with Crippen molar-refractivity contribution in [2.24, 2.45) is 68.0 Å². The first-order chi connectivity index (χ1) is 20.4. The second kappa shape index (κ2) is 11.4. The van der Waals surface area contributed by atoms with Crippen molar-refractivity contribution in [3.63, 3.8) is 0 Å². The zero-order valence-electron chi connectivity index (χ0n) is 29.8. The predicted octanol–water partition coefficient (Wildman–Crippen LogP) is 9.79. The van der Waals surface area contributed by atoms with E-state index in [9.17, 15) is 14.4 Å². The van der Waals surface area contributed by atoms with Crippen molar-refractivity contribution in [3.8, 4) is 0 Å². The second-order valence-corrected chi connectivity index (χ2v) is 18.8. The maximum absolute atomic E-state index is 13.5. The van der Waals surface area contributed by atoms with Crippen LogP contribution in [0.5, 0.6) is 0 Å².